The van der Waals surface area contributed by atoms with E-state index in [2.05, 4.69) is 4.98 Å². The summed E-state index contributed by atoms with van der Waals surface area (Å²) in [7, 11) is 0. The third-order valence-corrected chi connectivity index (χ3v) is 3.22. The minimum atomic E-state index is -1.14. The van der Waals surface area contributed by atoms with Crippen molar-refractivity contribution in [2.45, 2.75) is 6.10 Å². The van der Waals surface area contributed by atoms with Gasteiger partial charge in [-0.3, -0.25) is 4.79 Å². The fraction of sp³-hybridized carbons (Fsp3) is 0.0625. The van der Waals surface area contributed by atoms with Gasteiger partial charge in [0.25, 0.3) is 0 Å². The fourth-order valence-corrected chi connectivity index (χ4v) is 2.22. The number of carbonyl (C=O) groups excluding carboxylic acids is 1. The number of aliphatic hydroxyl groups is 1. The highest BCUT2D eigenvalue weighted by Crippen LogP contribution is 2.26. The molecule has 1 atom stereocenters. The highest BCUT2D eigenvalue weighted by Gasteiger charge is 2.21. The summed E-state index contributed by atoms with van der Waals surface area (Å²) in [6.45, 7) is 0. The van der Waals surface area contributed by atoms with Crippen molar-refractivity contribution in [3.05, 3.63) is 71.9 Å². The van der Waals surface area contributed by atoms with E-state index < -0.39 is 6.10 Å². The van der Waals surface area contributed by atoms with Crippen LogP contribution in [0.25, 0.3) is 10.9 Å². The molecule has 0 saturated carbocycles. The molecule has 1 heterocycles. The van der Waals surface area contributed by atoms with E-state index in [1.54, 1.807) is 30.5 Å². The first-order chi connectivity index (χ1) is 9.27. The molecule has 0 saturated heterocycles. The summed E-state index contributed by atoms with van der Waals surface area (Å²) in [6.07, 6.45) is 0.550. The molecule has 3 aromatic rings. The lowest BCUT2D eigenvalue weighted by Gasteiger charge is -2.08. The molecule has 3 rings (SSSR count). The third-order valence-electron chi connectivity index (χ3n) is 3.22. The van der Waals surface area contributed by atoms with Crippen LogP contribution in [0.1, 0.15) is 22.0 Å². The minimum absolute atomic E-state index is 0.287. The van der Waals surface area contributed by atoms with Gasteiger partial charge in [0.1, 0.15) is 6.10 Å². The number of aromatic amines is 1. The summed E-state index contributed by atoms with van der Waals surface area (Å²) in [4.78, 5) is 15.3. The van der Waals surface area contributed by atoms with E-state index in [1.165, 1.54) is 0 Å². The lowest BCUT2D eigenvalue weighted by atomic mass is 10.00. The van der Waals surface area contributed by atoms with E-state index in [4.69, 9.17) is 0 Å². The van der Waals surface area contributed by atoms with Gasteiger partial charge in [-0.2, -0.15) is 0 Å². The van der Waals surface area contributed by atoms with Crippen LogP contribution in [0.15, 0.2) is 60.8 Å². The Bertz CT molecular complexity index is 716. The normalized spacial score (nSPS) is 12.5. The van der Waals surface area contributed by atoms with Crippen LogP contribution < -0.4 is 0 Å². The maximum absolute atomic E-state index is 12.2. The Morgan fingerprint density at radius 3 is 2.47 bits per heavy atom. The third kappa shape index (κ3) is 2.04. The summed E-state index contributed by atoms with van der Waals surface area (Å²) in [5.74, 6) is -0.287. The molecule has 0 bridgehead atoms. The van der Waals surface area contributed by atoms with Gasteiger partial charge in [-0.25, -0.2) is 0 Å². The number of aromatic nitrogens is 1. The zero-order valence-corrected chi connectivity index (χ0v) is 10.2. The van der Waals surface area contributed by atoms with E-state index in [-0.39, 0.29) is 5.78 Å². The molecule has 0 spiro atoms. The van der Waals surface area contributed by atoms with Crippen molar-refractivity contribution in [2.75, 3.05) is 0 Å². The maximum atomic E-state index is 12.2. The Morgan fingerprint density at radius 2 is 1.68 bits per heavy atom. The molecule has 0 aliphatic rings. The molecule has 1 aromatic heterocycles. The second-order valence-electron chi connectivity index (χ2n) is 4.42. The molecule has 19 heavy (non-hydrogen) atoms. The monoisotopic (exact) mass is 251 g/mol. The Hall–Kier alpha value is -2.39. The highest BCUT2D eigenvalue weighted by molar-refractivity contribution is 6.02. The first kappa shape index (κ1) is 11.7. The van der Waals surface area contributed by atoms with Crippen LogP contribution in [0, 0.1) is 0 Å². The van der Waals surface area contributed by atoms with Crippen molar-refractivity contribution in [2.24, 2.45) is 0 Å². The van der Waals surface area contributed by atoms with Crippen molar-refractivity contribution >= 4 is 16.7 Å². The number of Topliss-reactive ketones (excluding diaryl/α,β-unsaturated/α-hetero) is 1. The number of hydrogen-bond donors (Lipinski definition) is 2. The standard InChI is InChI=1S/C16H13NO2/c18-15(11-6-2-1-3-7-11)16(19)13-10-17-14-9-5-4-8-12(13)14/h1-10,16-17,19H/t16-/m1/s1. The predicted octanol–water partition coefficient (Wildman–Crippen LogP) is 3.08. The number of rotatable bonds is 3. The summed E-state index contributed by atoms with van der Waals surface area (Å²) >= 11 is 0. The molecule has 0 aliphatic heterocycles. The molecule has 2 aromatic carbocycles. The number of nitrogens with one attached hydrogen (secondary N) is 1. The average Bonchev–Trinajstić information content (AvgIpc) is 2.90. The quantitative estimate of drug-likeness (QED) is 0.703. The van der Waals surface area contributed by atoms with Gasteiger partial charge in [0, 0.05) is 28.2 Å². The van der Waals surface area contributed by atoms with Crippen LogP contribution in [0.5, 0.6) is 0 Å². The van der Waals surface area contributed by atoms with Gasteiger partial charge in [0.2, 0.25) is 0 Å². The van der Waals surface area contributed by atoms with E-state index in [0.717, 1.165) is 10.9 Å². The zero-order valence-electron chi connectivity index (χ0n) is 10.2. The van der Waals surface area contributed by atoms with Crippen molar-refractivity contribution in [1.82, 2.24) is 4.98 Å². The van der Waals surface area contributed by atoms with Crippen LogP contribution in [-0.2, 0) is 0 Å². The molecule has 0 unspecified atom stereocenters. The van der Waals surface area contributed by atoms with E-state index in [1.807, 2.05) is 30.3 Å². The van der Waals surface area contributed by atoms with Crippen LogP contribution in [0.4, 0.5) is 0 Å². The largest absolute Gasteiger partial charge is 0.380 e. The number of carbonyl (C=O) groups is 1. The van der Waals surface area contributed by atoms with E-state index in [0.29, 0.717) is 11.1 Å². The van der Waals surface area contributed by atoms with Crippen LogP contribution >= 0.6 is 0 Å². The van der Waals surface area contributed by atoms with Crippen LogP contribution in [0.2, 0.25) is 0 Å². The van der Waals surface area contributed by atoms with Gasteiger partial charge < -0.3 is 10.1 Å². The summed E-state index contributed by atoms with van der Waals surface area (Å²) < 4.78 is 0. The molecule has 0 aliphatic carbocycles. The highest BCUT2D eigenvalue weighted by atomic mass is 16.3. The molecule has 3 nitrogen and oxygen atoms in total. The SMILES string of the molecule is O=C(c1ccccc1)[C@H](O)c1c[nH]c2ccccc12. The maximum Gasteiger partial charge on any atom is 0.195 e. The second kappa shape index (κ2) is 4.71. The van der Waals surface area contributed by atoms with E-state index in [9.17, 15) is 9.90 Å². The van der Waals surface area contributed by atoms with Gasteiger partial charge in [-0.05, 0) is 6.07 Å². The van der Waals surface area contributed by atoms with E-state index >= 15 is 0 Å². The summed E-state index contributed by atoms with van der Waals surface area (Å²) in [5.41, 5.74) is 2.04. The topological polar surface area (TPSA) is 53.1 Å². The number of H-pyrrole nitrogens is 1. The van der Waals surface area contributed by atoms with Gasteiger partial charge >= 0.3 is 0 Å². The zero-order chi connectivity index (χ0) is 13.2. The van der Waals surface area contributed by atoms with Crippen molar-refractivity contribution in [3.63, 3.8) is 0 Å². The molecule has 0 amide bonds. The minimum Gasteiger partial charge on any atom is -0.380 e. The molecular weight excluding hydrogens is 238 g/mol. The van der Waals surface area contributed by atoms with Crippen molar-refractivity contribution in [3.8, 4) is 0 Å². The molecule has 2 N–H and O–H groups in total. The van der Waals surface area contributed by atoms with Gasteiger partial charge in [-0.1, -0.05) is 48.5 Å². The van der Waals surface area contributed by atoms with Gasteiger partial charge in [0.05, 0.1) is 0 Å². The Kier molecular flexibility index (Phi) is 2.89. The summed E-state index contributed by atoms with van der Waals surface area (Å²) in [6, 6.07) is 16.4. The number of hydrogen-bond acceptors (Lipinski definition) is 2. The number of aliphatic hydroxyl groups excluding tert-OH is 1. The van der Waals surface area contributed by atoms with Crippen LogP contribution in [0.3, 0.4) is 0 Å². The Balaban J connectivity index is 2.00. The van der Waals surface area contributed by atoms with Crippen LogP contribution in [-0.4, -0.2) is 15.9 Å². The van der Waals surface area contributed by atoms with Crippen molar-refractivity contribution < 1.29 is 9.90 Å². The lowest BCUT2D eigenvalue weighted by Crippen LogP contribution is -2.11. The van der Waals surface area contributed by atoms with Gasteiger partial charge in [0.15, 0.2) is 5.78 Å². The predicted molar refractivity (Wildman–Crippen MR) is 74.0 cm³/mol. The average molecular weight is 251 g/mol. The Morgan fingerprint density at radius 1 is 1.00 bits per heavy atom. The molecular formula is C16H13NO2. The molecule has 0 fully saturated rings. The number of ketones is 1. The molecule has 0 radical (unpaired) electrons. The first-order valence-corrected chi connectivity index (χ1v) is 6.11. The van der Waals surface area contributed by atoms with Gasteiger partial charge in [-0.15, -0.1) is 0 Å². The number of fused-ring (bicyclic) bond motifs is 1. The summed E-state index contributed by atoms with van der Waals surface area (Å²) in [5, 5.41) is 11.1. The molecule has 94 valence electrons. The fourth-order valence-electron chi connectivity index (χ4n) is 2.22. The first-order valence-electron chi connectivity index (χ1n) is 6.11. The smallest absolute Gasteiger partial charge is 0.195 e. The number of benzene rings is 2. The van der Waals surface area contributed by atoms with Crippen molar-refractivity contribution in [1.29, 1.82) is 0 Å². The lowest BCUT2D eigenvalue weighted by molar-refractivity contribution is 0.0750. The second-order valence-corrected chi connectivity index (χ2v) is 4.42. The molecule has 3 heteroatoms. The Labute approximate surface area is 110 Å². The number of para-hydroxylation sites is 1.